The van der Waals surface area contributed by atoms with E-state index in [1.165, 1.54) is 6.92 Å². The molecule has 2 aliphatic heterocycles. The normalized spacial score (nSPS) is 20.9. The van der Waals surface area contributed by atoms with Crippen LogP contribution >= 0.6 is 0 Å². The Morgan fingerprint density at radius 1 is 0.804 bits per heavy atom. The highest BCUT2D eigenvalue weighted by molar-refractivity contribution is 5.98. The van der Waals surface area contributed by atoms with Gasteiger partial charge in [-0.05, 0) is 64.0 Å². The lowest BCUT2D eigenvalue weighted by Crippen LogP contribution is -2.61. The Labute approximate surface area is 304 Å². The van der Waals surface area contributed by atoms with Gasteiger partial charge < -0.3 is 35.6 Å². The molecule has 2 heterocycles. The number of Topliss-reactive ketones (excluding diaryl/α,β-unsaturated/α-hetero) is 1. The van der Waals surface area contributed by atoms with Crippen LogP contribution in [0.25, 0.3) is 0 Å². The van der Waals surface area contributed by atoms with Gasteiger partial charge in [-0.3, -0.25) is 28.9 Å². The number of ketones is 1. The third kappa shape index (κ3) is 14.3. The van der Waals surface area contributed by atoms with Crippen molar-refractivity contribution in [1.82, 2.24) is 31.1 Å². The van der Waals surface area contributed by atoms with Crippen molar-refractivity contribution in [3.63, 3.8) is 0 Å². The number of hydrogen-bond donors (Lipinski definition) is 4. The van der Waals surface area contributed by atoms with Gasteiger partial charge >= 0.3 is 0 Å². The van der Waals surface area contributed by atoms with E-state index in [9.17, 15) is 24.0 Å². The van der Waals surface area contributed by atoms with Crippen LogP contribution in [0.3, 0.4) is 0 Å². The molecule has 4 amide bonds. The van der Waals surface area contributed by atoms with E-state index in [-0.39, 0.29) is 23.5 Å². The van der Waals surface area contributed by atoms with E-state index in [0.717, 1.165) is 31.7 Å². The zero-order chi connectivity index (χ0) is 37.7. The van der Waals surface area contributed by atoms with Crippen molar-refractivity contribution in [2.45, 2.75) is 110 Å². The largest absolute Gasteiger partial charge is 0.374 e. The number of rotatable bonds is 21. The van der Waals surface area contributed by atoms with Crippen LogP contribution in [0, 0.1) is 11.8 Å². The molecule has 0 saturated carbocycles. The summed E-state index contributed by atoms with van der Waals surface area (Å²) in [5, 5.41) is 11.4. The molecular weight excluding hydrogens is 652 g/mol. The lowest BCUT2D eigenvalue weighted by molar-refractivity contribution is -0.138. The molecule has 2 saturated heterocycles. The number of nitrogens with zero attached hydrogens (tertiary/aromatic N) is 2. The van der Waals surface area contributed by atoms with Crippen LogP contribution in [0.5, 0.6) is 0 Å². The van der Waals surface area contributed by atoms with Gasteiger partial charge in [0.2, 0.25) is 23.6 Å². The van der Waals surface area contributed by atoms with E-state index < -0.39 is 53.6 Å². The average molecular weight is 715 g/mol. The molecule has 286 valence electrons. The van der Waals surface area contributed by atoms with E-state index >= 15 is 0 Å². The lowest BCUT2D eigenvalue weighted by Gasteiger charge is -2.33. The number of ether oxygens (including phenoxy) is 2. The fraction of sp³-hybridized carbons (Fsp3) is 0.711. The summed E-state index contributed by atoms with van der Waals surface area (Å²) in [6, 6.07) is 5.82. The summed E-state index contributed by atoms with van der Waals surface area (Å²) < 4.78 is 11.6. The molecule has 51 heavy (non-hydrogen) atoms. The van der Waals surface area contributed by atoms with Crippen LogP contribution in [-0.4, -0.2) is 128 Å². The number of carbonyl (C=O) groups is 5. The number of benzene rings is 1. The predicted octanol–water partition coefficient (Wildman–Crippen LogP) is 1.68. The third-order valence-electron chi connectivity index (χ3n) is 9.47. The van der Waals surface area contributed by atoms with Gasteiger partial charge in [-0.25, -0.2) is 0 Å². The Bertz CT molecular complexity index is 1300. The van der Waals surface area contributed by atoms with E-state index in [0.29, 0.717) is 45.4 Å². The summed E-state index contributed by atoms with van der Waals surface area (Å²) in [5.74, 6) is -2.03. The van der Waals surface area contributed by atoms with Gasteiger partial charge in [-0.15, -0.1) is 0 Å². The molecule has 0 spiro atoms. The second kappa shape index (κ2) is 20.0. The standard InChI is InChI=1S/C38H62N6O7/c1-25(2)22-31(34(46)38(7)24-51-38)40-37(49)33(27(5)50-21-20-44-18-16-43(8)17-19-44)42-36(48)32(23-26(3)4)41-35(47)30(39-28(6)45)15-14-29-12-10-9-11-13-29/h9-13,25-27,30-33H,14-24H2,1-8H3,(H,39,45)(H,40,49)(H,41,47)(H,42,48)/t27-,30+,31+,32+,33+,38-/m1/s1. The fourth-order valence-electron chi connectivity index (χ4n) is 6.21. The van der Waals surface area contributed by atoms with Crippen LogP contribution in [0.1, 0.15) is 73.3 Å². The van der Waals surface area contributed by atoms with Gasteiger partial charge in [0, 0.05) is 39.6 Å². The molecule has 2 fully saturated rings. The first-order chi connectivity index (χ1) is 24.1. The van der Waals surface area contributed by atoms with Gasteiger partial charge in [-0.1, -0.05) is 58.0 Å². The molecule has 6 atom stereocenters. The Hall–Kier alpha value is -3.39. The Kier molecular flexibility index (Phi) is 16.5. The van der Waals surface area contributed by atoms with Crippen molar-refractivity contribution in [1.29, 1.82) is 0 Å². The van der Waals surface area contributed by atoms with Gasteiger partial charge in [0.05, 0.1) is 25.4 Å². The summed E-state index contributed by atoms with van der Waals surface area (Å²) in [7, 11) is 2.09. The molecule has 13 nitrogen and oxygen atoms in total. The molecule has 1 aromatic carbocycles. The first-order valence-electron chi connectivity index (χ1n) is 18.5. The predicted molar refractivity (Wildman–Crippen MR) is 196 cm³/mol. The van der Waals surface area contributed by atoms with E-state index in [1.807, 2.05) is 58.0 Å². The maximum Gasteiger partial charge on any atom is 0.245 e. The molecule has 0 aromatic heterocycles. The number of epoxide rings is 1. The first-order valence-corrected chi connectivity index (χ1v) is 18.5. The molecule has 0 bridgehead atoms. The molecule has 1 aromatic rings. The summed E-state index contributed by atoms with van der Waals surface area (Å²) >= 11 is 0. The van der Waals surface area contributed by atoms with Crippen molar-refractivity contribution < 1.29 is 33.4 Å². The van der Waals surface area contributed by atoms with Crippen molar-refractivity contribution in [3.8, 4) is 0 Å². The topological polar surface area (TPSA) is 162 Å². The monoisotopic (exact) mass is 714 g/mol. The molecule has 2 aliphatic rings. The Morgan fingerprint density at radius 3 is 1.94 bits per heavy atom. The minimum atomic E-state index is -1.16. The number of hydrogen-bond acceptors (Lipinski definition) is 9. The second-order valence-corrected chi connectivity index (χ2v) is 15.2. The molecule has 4 N–H and O–H groups in total. The molecule has 13 heteroatoms. The second-order valence-electron chi connectivity index (χ2n) is 15.2. The van der Waals surface area contributed by atoms with E-state index in [4.69, 9.17) is 9.47 Å². The van der Waals surface area contributed by atoms with E-state index in [2.05, 4.69) is 38.1 Å². The van der Waals surface area contributed by atoms with Gasteiger partial charge in [0.25, 0.3) is 0 Å². The average Bonchev–Trinajstić information content (AvgIpc) is 3.83. The first kappa shape index (κ1) is 42.0. The fourth-order valence-corrected chi connectivity index (χ4v) is 6.21. The third-order valence-corrected chi connectivity index (χ3v) is 9.47. The number of aryl methyl sites for hydroxylation is 1. The van der Waals surface area contributed by atoms with Gasteiger partial charge in [0.1, 0.15) is 23.7 Å². The minimum absolute atomic E-state index is 0.0152. The number of amides is 4. The molecule has 3 rings (SSSR count). The number of piperazine rings is 1. The SMILES string of the molecule is CC(=O)N[C@@H](CCc1ccccc1)C(=O)N[C@@H](CC(C)C)C(=O)N[C@H](C(=O)N[C@@H](CC(C)C)C(=O)[C@@]1(C)CO1)[C@@H](C)OCCN1CCN(C)CC1. The van der Waals surface area contributed by atoms with Crippen LogP contribution in [-0.2, 0) is 39.9 Å². The highest BCUT2D eigenvalue weighted by Gasteiger charge is 2.50. The van der Waals surface area contributed by atoms with Crippen LogP contribution in [0.4, 0.5) is 0 Å². The van der Waals surface area contributed by atoms with E-state index in [1.54, 1.807) is 13.8 Å². The molecule has 0 unspecified atom stereocenters. The van der Waals surface area contributed by atoms with Crippen molar-refractivity contribution in [3.05, 3.63) is 35.9 Å². The summed E-state index contributed by atoms with van der Waals surface area (Å²) in [6.45, 7) is 17.7. The minimum Gasteiger partial charge on any atom is -0.374 e. The van der Waals surface area contributed by atoms with Crippen molar-refractivity contribution in [2.24, 2.45) is 11.8 Å². The van der Waals surface area contributed by atoms with Crippen LogP contribution in [0.2, 0.25) is 0 Å². The van der Waals surface area contributed by atoms with Gasteiger partial charge in [0.15, 0.2) is 5.78 Å². The van der Waals surface area contributed by atoms with Crippen LogP contribution < -0.4 is 21.3 Å². The zero-order valence-electron chi connectivity index (χ0n) is 32.0. The molecular formula is C38H62N6O7. The number of carbonyl (C=O) groups excluding carboxylic acids is 5. The van der Waals surface area contributed by atoms with Crippen molar-refractivity contribution in [2.75, 3.05) is 53.0 Å². The Balaban J connectivity index is 1.78. The quantitative estimate of drug-likeness (QED) is 0.139. The smallest absolute Gasteiger partial charge is 0.245 e. The highest BCUT2D eigenvalue weighted by Crippen LogP contribution is 2.29. The highest BCUT2D eigenvalue weighted by atomic mass is 16.6. The lowest BCUT2D eigenvalue weighted by atomic mass is 9.93. The van der Waals surface area contributed by atoms with Crippen molar-refractivity contribution >= 4 is 29.4 Å². The Morgan fingerprint density at radius 2 is 1.37 bits per heavy atom. The summed E-state index contributed by atoms with van der Waals surface area (Å²) in [6.07, 6.45) is 0.828. The molecule has 0 radical (unpaired) electrons. The number of nitrogens with one attached hydrogen (secondary N) is 4. The summed E-state index contributed by atoms with van der Waals surface area (Å²) in [5.41, 5.74) is 0.0810. The van der Waals surface area contributed by atoms with Crippen LogP contribution in [0.15, 0.2) is 30.3 Å². The molecule has 0 aliphatic carbocycles. The zero-order valence-corrected chi connectivity index (χ0v) is 32.0. The van der Waals surface area contributed by atoms with Gasteiger partial charge in [-0.2, -0.15) is 0 Å². The number of likely N-dealkylation sites (N-methyl/N-ethyl adjacent to an activating group) is 1. The maximum absolute atomic E-state index is 14.0. The summed E-state index contributed by atoms with van der Waals surface area (Å²) in [4.78, 5) is 71.7. The maximum atomic E-state index is 14.0.